The van der Waals surface area contributed by atoms with Crippen molar-refractivity contribution in [2.75, 3.05) is 13.1 Å². The second-order valence-electron chi connectivity index (χ2n) is 4.05. The molecule has 0 fully saturated rings. The molecule has 1 N–H and O–H groups in total. The molecule has 0 aliphatic carbocycles. The SMILES string of the molecule is CCNCC(C)C(C)Cc1cccs1. The van der Waals surface area contributed by atoms with Crippen LogP contribution in [-0.2, 0) is 6.42 Å². The Morgan fingerprint density at radius 3 is 2.71 bits per heavy atom. The average molecular weight is 211 g/mol. The Hall–Kier alpha value is -0.340. The number of hydrogen-bond donors (Lipinski definition) is 1. The highest BCUT2D eigenvalue weighted by Crippen LogP contribution is 2.19. The van der Waals surface area contributed by atoms with Crippen molar-refractivity contribution in [1.29, 1.82) is 0 Å². The van der Waals surface area contributed by atoms with E-state index in [1.165, 1.54) is 11.3 Å². The van der Waals surface area contributed by atoms with Crippen molar-refractivity contribution >= 4 is 11.3 Å². The first kappa shape index (κ1) is 11.7. The van der Waals surface area contributed by atoms with Crippen LogP contribution in [0.25, 0.3) is 0 Å². The zero-order valence-electron chi connectivity index (χ0n) is 9.42. The van der Waals surface area contributed by atoms with E-state index in [4.69, 9.17) is 0 Å². The predicted octanol–water partition coefficient (Wildman–Crippen LogP) is 3.17. The molecule has 1 aromatic rings. The zero-order chi connectivity index (χ0) is 10.4. The van der Waals surface area contributed by atoms with E-state index in [0.29, 0.717) is 0 Å². The summed E-state index contributed by atoms with van der Waals surface area (Å²) < 4.78 is 0. The molecule has 0 bridgehead atoms. The Labute approximate surface area is 91.5 Å². The monoisotopic (exact) mass is 211 g/mol. The van der Waals surface area contributed by atoms with Crippen LogP contribution >= 0.6 is 11.3 Å². The van der Waals surface area contributed by atoms with E-state index >= 15 is 0 Å². The maximum absolute atomic E-state index is 3.41. The zero-order valence-corrected chi connectivity index (χ0v) is 10.2. The predicted molar refractivity (Wildman–Crippen MR) is 64.9 cm³/mol. The smallest absolute Gasteiger partial charge is 0.00479 e. The highest BCUT2D eigenvalue weighted by atomic mass is 32.1. The second kappa shape index (κ2) is 6.20. The van der Waals surface area contributed by atoms with Gasteiger partial charge in [0, 0.05) is 4.88 Å². The molecular weight excluding hydrogens is 190 g/mol. The molecule has 1 rings (SSSR count). The number of thiophene rings is 1. The van der Waals surface area contributed by atoms with Gasteiger partial charge in [-0.2, -0.15) is 0 Å². The van der Waals surface area contributed by atoms with Gasteiger partial charge in [-0.05, 0) is 42.8 Å². The molecule has 0 aliphatic heterocycles. The molecule has 1 heterocycles. The molecule has 80 valence electrons. The summed E-state index contributed by atoms with van der Waals surface area (Å²) in [5.41, 5.74) is 0. The van der Waals surface area contributed by atoms with Crippen molar-refractivity contribution in [1.82, 2.24) is 5.32 Å². The summed E-state index contributed by atoms with van der Waals surface area (Å²) in [7, 11) is 0. The summed E-state index contributed by atoms with van der Waals surface area (Å²) in [5.74, 6) is 1.53. The van der Waals surface area contributed by atoms with Gasteiger partial charge in [-0.15, -0.1) is 11.3 Å². The van der Waals surface area contributed by atoms with Crippen LogP contribution in [0.5, 0.6) is 0 Å². The van der Waals surface area contributed by atoms with Crippen molar-refractivity contribution in [2.24, 2.45) is 11.8 Å². The lowest BCUT2D eigenvalue weighted by molar-refractivity contribution is 0.370. The second-order valence-corrected chi connectivity index (χ2v) is 5.08. The number of rotatable bonds is 6. The third-order valence-corrected chi connectivity index (χ3v) is 3.69. The third kappa shape index (κ3) is 3.81. The lowest BCUT2D eigenvalue weighted by Gasteiger charge is -2.19. The van der Waals surface area contributed by atoms with Gasteiger partial charge in [-0.1, -0.05) is 26.8 Å². The number of nitrogens with one attached hydrogen (secondary N) is 1. The summed E-state index contributed by atoms with van der Waals surface area (Å²) in [4.78, 5) is 1.51. The molecule has 2 atom stereocenters. The minimum absolute atomic E-state index is 0.761. The Balaban J connectivity index is 2.30. The van der Waals surface area contributed by atoms with Gasteiger partial charge in [0.1, 0.15) is 0 Å². The fraction of sp³-hybridized carbons (Fsp3) is 0.667. The Kier molecular flexibility index (Phi) is 5.20. The molecule has 1 aromatic heterocycles. The van der Waals surface area contributed by atoms with Crippen molar-refractivity contribution in [3.63, 3.8) is 0 Å². The van der Waals surface area contributed by atoms with Crippen molar-refractivity contribution < 1.29 is 0 Å². The molecule has 0 amide bonds. The van der Waals surface area contributed by atoms with Gasteiger partial charge in [0.15, 0.2) is 0 Å². The fourth-order valence-electron chi connectivity index (χ4n) is 1.52. The van der Waals surface area contributed by atoms with E-state index in [9.17, 15) is 0 Å². The molecule has 1 nitrogen and oxygen atoms in total. The van der Waals surface area contributed by atoms with Crippen LogP contribution in [0.2, 0.25) is 0 Å². The fourth-order valence-corrected chi connectivity index (χ4v) is 2.37. The summed E-state index contributed by atoms with van der Waals surface area (Å²) in [5, 5.41) is 5.58. The maximum Gasteiger partial charge on any atom is 0.00479 e. The molecule has 0 saturated heterocycles. The lowest BCUT2D eigenvalue weighted by Crippen LogP contribution is -2.25. The van der Waals surface area contributed by atoms with Crippen LogP contribution < -0.4 is 5.32 Å². The first-order chi connectivity index (χ1) is 6.74. The molecule has 0 aliphatic rings. The molecular formula is C12H21NS. The summed E-state index contributed by atoms with van der Waals surface area (Å²) in [6, 6.07) is 4.38. The molecule has 14 heavy (non-hydrogen) atoms. The van der Waals surface area contributed by atoms with Crippen molar-refractivity contribution in [3.05, 3.63) is 22.4 Å². The van der Waals surface area contributed by atoms with Gasteiger partial charge in [0.05, 0.1) is 0 Å². The molecule has 0 radical (unpaired) electrons. The van der Waals surface area contributed by atoms with E-state index in [1.807, 2.05) is 11.3 Å². The highest BCUT2D eigenvalue weighted by molar-refractivity contribution is 7.09. The largest absolute Gasteiger partial charge is 0.317 e. The lowest BCUT2D eigenvalue weighted by atomic mass is 9.92. The summed E-state index contributed by atoms with van der Waals surface area (Å²) in [6.45, 7) is 9.07. The maximum atomic E-state index is 3.41. The highest BCUT2D eigenvalue weighted by Gasteiger charge is 2.12. The van der Waals surface area contributed by atoms with Crippen molar-refractivity contribution in [3.8, 4) is 0 Å². The van der Waals surface area contributed by atoms with E-state index in [-0.39, 0.29) is 0 Å². The van der Waals surface area contributed by atoms with Gasteiger partial charge in [0.25, 0.3) is 0 Å². The van der Waals surface area contributed by atoms with Crippen molar-refractivity contribution in [2.45, 2.75) is 27.2 Å². The van der Waals surface area contributed by atoms with Crippen LogP contribution in [0, 0.1) is 11.8 Å². The first-order valence-electron chi connectivity index (χ1n) is 5.47. The van der Waals surface area contributed by atoms with Crippen LogP contribution in [0.3, 0.4) is 0 Å². The molecule has 0 saturated carbocycles. The normalized spacial score (nSPS) is 15.4. The standard InChI is InChI=1S/C12H21NS/c1-4-13-9-11(3)10(2)8-12-6-5-7-14-12/h5-7,10-11,13H,4,8-9H2,1-3H3. The molecule has 2 unspecified atom stereocenters. The van der Waals surface area contributed by atoms with Crippen LogP contribution in [-0.4, -0.2) is 13.1 Å². The quantitative estimate of drug-likeness (QED) is 0.762. The van der Waals surface area contributed by atoms with Gasteiger partial charge in [-0.25, -0.2) is 0 Å². The van der Waals surface area contributed by atoms with Crippen LogP contribution in [0.15, 0.2) is 17.5 Å². The van der Waals surface area contributed by atoms with Crippen LogP contribution in [0.4, 0.5) is 0 Å². The minimum atomic E-state index is 0.761. The molecule has 0 spiro atoms. The molecule has 2 heteroatoms. The average Bonchev–Trinajstić information content (AvgIpc) is 2.66. The van der Waals surface area contributed by atoms with E-state index in [1.54, 1.807) is 0 Å². The number of hydrogen-bond acceptors (Lipinski definition) is 2. The third-order valence-electron chi connectivity index (χ3n) is 2.79. The van der Waals surface area contributed by atoms with E-state index < -0.39 is 0 Å². The van der Waals surface area contributed by atoms with Gasteiger partial charge in [0.2, 0.25) is 0 Å². The molecule has 0 aromatic carbocycles. The summed E-state index contributed by atoms with van der Waals surface area (Å²) >= 11 is 1.87. The van der Waals surface area contributed by atoms with Crippen LogP contribution in [0.1, 0.15) is 25.6 Å². The van der Waals surface area contributed by atoms with E-state index in [2.05, 4.69) is 43.6 Å². The van der Waals surface area contributed by atoms with Gasteiger partial charge >= 0.3 is 0 Å². The Bertz CT molecular complexity index is 230. The Morgan fingerprint density at radius 1 is 1.36 bits per heavy atom. The van der Waals surface area contributed by atoms with Gasteiger partial charge < -0.3 is 5.32 Å². The van der Waals surface area contributed by atoms with Gasteiger partial charge in [-0.3, -0.25) is 0 Å². The van der Waals surface area contributed by atoms with E-state index in [0.717, 1.165) is 24.9 Å². The topological polar surface area (TPSA) is 12.0 Å². The minimum Gasteiger partial charge on any atom is -0.317 e. The Morgan fingerprint density at radius 2 is 2.14 bits per heavy atom. The summed E-state index contributed by atoms with van der Waals surface area (Å²) in [6.07, 6.45) is 1.23. The first-order valence-corrected chi connectivity index (χ1v) is 6.35.